The van der Waals surface area contributed by atoms with E-state index in [4.69, 9.17) is 5.73 Å². The van der Waals surface area contributed by atoms with Gasteiger partial charge in [-0.15, -0.1) is 0 Å². The molecule has 0 radical (unpaired) electrons. The number of carbonyl (C=O) groups is 1. The van der Waals surface area contributed by atoms with Crippen LogP contribution in [-0.2, 0) is 4.79 Å². The number of nitrogens with zero attached hydrogens (tertiary/aromatic N) is 1. The second kappa shape index (κ2) is 3.69. The number of nitrogen functional groups attached to an aromatic ring is 1. The molecule has 78 valence electrons. The summed E-state index contributed by atoms with van der Waals surface area (Å²) in [6.45, 7) is 6.01. The van der Waals surface area contributed by atoms with Gasteiger partial charge in [-0.25, -0.2) is 0 Å². The van der Waals surface area contributed by atoms with Gasteiger partial charge in [0.2, 0.25) is 5.91 Å². The van der Waals surface area contributed by atoms with E-state index < -0.39 is 0 Å². The number of rotatable bonds is 2. The molecule has 1 aromatic heterocycles. The molecule has 0 saturated carbocycles. The van der Waals surface area contributed by atoms with E-state index in [1.165, 1.54) is 6.20 Å². The molecule has 0 aliphatic carbocycles. The predicted molar refractivity (Wildman–Crippen MR) is 55.7 cm³/mol. The summed E-state index contributed by atoms with van der Waals surface area (Å²) < 4.78 is 0. The predicted octanol–water partition coefficient (Wildman–Crippen LogP) is 1.37. The maximum atomic E-state index is 11.5. The van der Waals surface area contributed by atoms with E-state index in [1.807, 2.05) is 20.8 Å². The molecular formula is C9H16N4O. The van der Waals surface area contributed by atoms with Crippen molar-refractivity contribution in [3.05, 3.63) is 6.20 Å². The average Bonchev–Trinajstić information content (AvgIpc) is 2.32. The highest BCUT2D eigenvalue weighted by molar-refractivity contribution is 5.92. The fourth-order valence-electron chi connectivity index (χ4n) is 1.06. The Labute approximate surface area is 83.1 Å². The standard InChI is InChI=1S/C9H16N4O/c1-9(2,3)4-7(14)12-8-6(10)5-11-13-8/h5H,4,10H2,1-3H3,(H2,11,12,13,14). The highest BCUT2D eigenvalue weighted by Gasteiger charge is 2.16. The first-order valence-electron chi connectivity index (χ1n) is 4.47. The molecule has 0 saturated heterocycles. The van der Waals surface area contributed by atoms with E-state index in [9.17, 15) is 4.79 Å². The molecule has 4 N–H and O–H groups in total. The normalized spacial score (nSPS) is 11.4. The highest BCUT2D eigenvalue weighted by Crippen LogP contribution is 2.20. The molecule has 0 atom stereocenters. The Hall–Kier alpha value is -1.52. The summed E-state index contributed by atoms with van der Waals surface area (Å²) in [6.07, 6.45) is 1.91. The molecule has 1 heterocycles. The summed E-state index contributed by atoms with van der Waals surface area (Å²) in [6, 6.07) is 0. The molecule has 1 rings (SSSR count). The van der Waals surface area contributed by atoms with Crippen LogP contribution in [0.25, 0.3) is 0 Å². The van der Waals surface area contributed by atoms with Gasteiger partial charge in [0.1, 0.15) is 0 Å². The van der Waals surface area contributed by atoms with Gasteiger partial charge in [0.05, 0.1) is 11.9 Å². The fraction of sp³-hybridized carbons (Fsp3) is 0.556. The third-order valence-electron chi connectivity index (χ3n) is 1.62. The molecule has 5 heteroatoms. The topological polar surface area (TPSA) is 83.8 Å². The number of anilines is 2. The van der Waals surface area contributed by atoms with Crippen LogP contribution in [0.15, 0.2) is 6.20 Å². The lowest BCUT2D eigenvalue weighted by Gasteiger charge is -2.16. The first kappa shape index (κ1) is 10.6. The zero-order valence-electron chi connectivity index (χ0n) is 8.72. The van der Waals surface area contributed by atoms with Crippen molar-refractivity contribution < 1.29 is 4.79 Å². The smallest absolute Gasteiger partial charge is 0.226 e. The van der Waals surface area contributed by atoms with E-state index in [0.29, 0.717) is 17.9 Å². The van der Waals surface area contributed by atoms with Gasteiger partial charge in [-0.2, -0.15) is 5.10 Å². The van der Waals surface area contributed by atoms with Gasteiger partial charge < -0.3 is 11.1 Å². The van der Waals surface area contributed by atoms with Crippen molar-refractivity contribution in [1.29, 1.82) is 0 Å². The van der Waals surface area contributed by atoms with Crippen LogP contribution in [0.1, 0.15) is 27.2 Å². The molecule has 5 nitrogen and oxygen atoms in total. The average molecular weight is 196 g/mol. The largest absolute Gasteiger partial charge is 0.394 e. The van der Waals surface area contributed by atoms with Crippen molar-refractivity contribution in [3.63, 3.8) is 0 Å². The minimum Gasteiger partial charge on any atom is -0.394 e. The summed E-state index contributed by atoms with van der Waals surface area (Å²) in [5.41, 5.74) is 5.97. The number of hydrogen-bond donors (Lipinski definition) is 3. The first-order chi connectivity index (χ1) is 6.38. The van der Waals surface area contributed by atoms with E-state index in [2.05, 4.69) is 15.5 Å². The number of carbonyl (C=O) groups excluding carboxylic acids is 1. The minimum absolute atomic E-state index is 0.0289. The Kier molecular flexibility index (Phi) is 2.78. The van der Waals surface area contributed by atoms with Crippen molar-refractivity contribution >= 4 is 17.4 Å². The lowest BCUT2D eigenvalue weighted by Crippen LogP contribution is -2.20. The second-order valence-electron chi connectivity index (χ2n) is 4.49. The molecule has 0 aliphatic rings. The van der Waals surface area contributed by atoms with E-state index >= 15 is 0 Å². The summed E-state index contributed by atoms with van der Waals surface area (Å²) in [4.78, 5) is 11.5. The Morgan fingerprint density at radius 2 is 2.29 bits per heavy atom. The molecule has 1 amide bonds. The van der Waals surface area contributed by atoms with Gasteiger partial charge in [0.25, 0.3) is 0 Å². The molecular weight excluding hydrogens is 180 g/mol. The van der Waals surface area contributed by atoms with Crippen molar-refractivity contribution in [3.8, 4) is 0 Å². The van der Waals surface area contributed by atoms with Crippen LogP contribution in [0.3, 0.4) is 0 Å². The molecule has 0 unspecified atom stereocenters. The number of aromatic nitrogens is 2. The Bertz CT molecular complexity index is 324. The molecule has 0 aromatic carbocycles. The van der Waals surface area contributed by atoms with E-state index in [1.54, 1.807) is 0 Å². The van der Waals surface area contributed by atoms with Gasteiger partial charge in [0, 0.05) is 6.42 Å². The maximum absolute atomic E-state index is 11.5. The van der Waals surface area contributed by atoms with Gasteiger partial charge in [-0.05, 0) is 5.41 Å². The quantitative estimate of drug-likeness (QED) is 0.667. The number of hydrogen-bond acceptors (Lipinski definition) is 3. The van der Waals surface area contributed by atoms with Crippen LogP contribution >= 0.6 is 0 Å². The van der Waals surface area contributed by atoms with Gasteiger partial charge in [-0.1, -0.05) is 20.8 Å². The summed E-state index contributed by atoms with van der Waals surface area (Å²) >= 11 is 0. The van der Waals surface area contributed by atoms with Gasteiger partial charge in [0.15, 0.2) is 5.82 Å². The maximum Gasteiger partial charge on any atom is 0.226 e. The number of H-pyrrole nitrogens is 1. The van der Waals surface area contributed by atoms with Crippen LogP contribution in [0.5, 0.6) is 0 Å². The number of nitrogens with two attached hydrogens (primary N) is 1. The summed E-state index contributed by atoms with van der Waals surface area (Å²) in [5, 5.41) is 8.99. The van der Waals surface area contributed by atoms with Crippen LogP contribution in [0.4, 0.5) is 11.5 Å². The fourth-order valence-corrected chi connectivity index (χ4v) is 1.06. The van der Waals surface area contributed by atoms with E-state index in [0.717, 1.165) is 0 Å². The zero-order chi connectivity index (χ0) is 10.8. The third kappa shape index (κ3) is 3.08. The lowest BCUT2D eigenvalue weighted by atomic mass is 9.92. The minimum atomic E-state index is -0.0616. The molecule has 0 bridgehead atoms. The highest BCUT2D eigenvalue weighted by atomic mass is 16.1. The van der Waals surface area contributed by atoms with Crippen molar-refractivity contribution in [2.24, 2.45) is 5.41 Å². The van der Waals surface area contributed by atoms with Crippen molar-refractivity contribution in [2.45, 2.75) is 27.2 Å². The Morgan fingerprint density at radius 1 is 1.64 bits per heavy atom. The van der Waals surface area contributed by atoms with Crippen LogP contribution in [-0.4, -0.2) is 16.1 Å². The summed E-state index contributed by atoms with van der Waals surface area (Å²) in [7, 11) is 0. The van der Waals surface area contributed by atoms with Gasteiger partial charge in [-0.3, -0.25) is 9.89 Å². The second-order valence-corrected chi connectivity index (χ2v) is 4.49. The van der Waals surface area contributed by atoms with Crippen LogP contribution in [0.2, 0.25) is 0 Å². The van der Waals surface area contributed by atoms with Crippen molar-refractivity contribution in [1.82, 2.24) is 10.2 Å². The monoisotopic (exact) mass is 196 g/mol. The van der Waals surface area contributed by atoms with Crippen molar-refractivity contribution in [2.75, 3.05) is 11.1 Å². The van der Waals surface area contributed by atoms with E-state index in [-0.39, 0.29) is 11.3 Å². The third-order valence-corrected chi connectivity index (χ3v) is 1.62. The lowest BCUT2D eigenvalue weighted by molar-refractivity contribution is -0.117. The van der Waals surface area contributed by atoms with Crippen LogP contribution < -0.4 is 11.1 Å². The number of aromatic amines is 1. The first-order valence-corrected chi connectivity index (χ1v) is 4.47. The Balaban J connectivity index is 2.54. The van der Waals surface area contributed by atoms with Crippen LogP contribution in [0, 0.1) is 5.41 Å². The zero-order valence-corrected chi connectivity index (χ0v) is 8.72. The molecule has 0 fully saturated rings. The number of amides is 1. The number of nitrogens with one attached hydrogen (secondary N) is 2. The molecule has 1 aromatic rings. The summed E-state index contributed by atoms with van der Waals surface area (Å²) in [5.74, 6) is 0.410. The molecule has 14 heavy (non-hydrogen) atoms. The Morgan fingerprint density at radius 3 is 2.71 bits per heavy atom. The SMILES string of the molecule is CC(C)(C)CC(=O)Nc1[nH]ncc1N. The molecule has 0 spiro atoms. The van der Waals surface area contributed by atoms with Gasteiger partial charge >= 0.3 is 0 Å². The molecule has 0 aliphatic heterocycles.